The summed E-state index contributed by atoms with van der Waals surface area (Å²) in [7, 11) is 0. The largest absolute Gasteiger partial charge is 0.330 e. The van der Waals surface area contributed by atoms with E-state index in [0.29, 0.717) is 17.9 Å². The van der Waals surface area contributed by atoms with Crippen LogP contribution in [0.1, 0.15) is 33.1 Å². The Labute approximate surface area is 93.0 Å². The summed E-state index contributed by atoms with van der Waals surface area (Å²) < 4.78 is 0. The van der Waals surface area contributed by atoms with Crippen molar-refractivity contribution in [1.82, 2.24) is 5.32 Å². The third-order valence-electron chi connectivity index (χ3n) is 3.57. The number of nitrogens with two attached hydrogens (primary N) is 1. The Hall–Kier alpha value is -0.590. The van der Waals surface area contributed by atoms with E-state index in [-0.39, 0.29) is 5.92 Å². The van der Waals surface area contributed by atoms with Crippen molar-refractivity contribution in [1.29, 1.82) is 5.26 Å². The van der Waals surface area contributed by atoms with E-state index in [1.165, 1.54) is 6.42 Å². The first-order chi connectivity index (χ1) is 7.19. The van der Waals surface area contributed by atoms with Crippen molar-refractivity contribution < 1.29 is 0 Å². The van der Waals surface area contributed by atoms with Crippen molar-refractivity contribution in [3.05, 3.63) is 0 Å². The molecule has 1 fully saturated rings. The average molecular weight is 209 g/mol. The average Bonchev–Trinajstić information content (AvgIpc) is 2.65. The second-order valence-electron chi connectivity index (χ2n) is 4.92. The minimum atomic E-state index is 0.218. The number of hydrogen-bond acceptors (Lipinski definition) is 3. The highest BCUT2D eigenvalue weighted by molar-refractivity contribution is 4.96. The lowest BCUT2D eigenvalue weighted by Gasteiger charge is -2.23. The van der Waals surface area contributed by atoms with Crippen molar-refractivity contribution in [2.24, 2.45) is 23.5 Å². The Balaban J connectivity index is 2.32. The second kappa shape index (κ2) is 6.09. The third-order valence-corrected chi connectivity index (χ3v) is 3.57. The zero-order valence-electron chi connectivity index (χ0n) is 9.87. The van der Waals surface area contributed by atoms with Crippen LogP contribution in [-0.2, 0) is 0 Å². The van der Waals surface area contributed by atoms with E-state index in [2.05, 4.69) is 25.2 Å². The molecule has 1 aliphatic carbocycles. The summed E-state index contributed by atoms with van der Waals surface area (Å²) in [6.07, 6.45) is 3.39. The van der Waals surface area contributed by atoms with E-state index in [1.54, 1.807) is 0 Å². The van der Waals surface area contributed by atoms with Crippen molar-refractivity contribution in [3.8, 4) is 6.07 Å². The molecule has 0 radical (unpaired) electrons. The topological polar surface area (TPSA) is 61.8 Å². The maximum atomic E-state index is 8.95. The van der Waals surface area contributed by atoms with Gasteiger partial charge in [0.2, 0.25) is 0 Å². The fourth-order valence-electron chi connectivity index (χ4n) is 2.25. The van der Waals surface area contributed by atoms with Gasteiger partial charge in [0.25, 0.3) is 0 Å². The normalized spacial score (nSPS) is 27.9. The van der Waals surface area contributed by atoms with E-state index in [4.69, 9.17) is 11.0 Å². The van der Waals surface area contributed by atoms with Crippen LogP contribution in [0.2, 0.25) is 0 Å². The molecule has 1 aliphatic rings. The monoisotopic (exact) mass is 209 g/mol. The van der Waals surface area contributed by atoms with Crippen molar-refractivity contribution in [2.75, 3.05) is 13.1 Å². The van der Waals surface area contributed by atoms with Gasteiger partial charge in [0.1, 0.15) is 0 Å². The zero-order chi connectivity index (χ0) is 11.3. The Morgan fingerprint density at radius 2 is 2.20 bits per heavy atom. The molecule has 0 amide bonds. The van der Waals surface area contributed by atoms with Crippen LogP contribution in [0, 0.1) is 29.1 Å². The molecule has 0 aromatic heterocycles. The molecule has 15 heavy (non-hydrogen) atoms. The van der Waals surface area contributed by atoms with Crippen molar-refractivity contribution in [3.63, 3.8) is 0 Å². The standard InChI is InChI=1S/C12H23N3/c1-9(2)11(7-14)8-15-12-5-3-4-10(12)6-13/h9-12,15H,3-5,7-8,14H2,1-2H3. The molecule has 3 heteroatoms. The van der Waals surface area contributed by atoms with Gasteiger partial charge in [-0.1, -0.05) is 20.3 Å². The molecule has 86 valence electrons. The van der Waals surface area contributed by atoms with Gasteiger partial charge in [0.15, 0.2) is 0 Å². The number of rotatable bonds is 5. The lowest BCUT2D eigenvalue weighted by molar-refractivity contribution is 0.338. The van der Waals surface area contributed by atoms with Crippen LogP contribution in [0.4, 0.5) is 0 Å². The van der Waals surface area contributed by atoms with Gasteiger partial charge in [-0.25, -0.2) is 0 Å². The molecule has 1 saturated carbocycles. The van der Waals surface area contributed by atoms with Gasteiger partial charge in [-0.05, 0) is 37.8 Å². The first kappa shape index (κ1) is 12.5. The fourth-order valence-corrected chi connectivity index (χ4v) is 2.25. The number of nitrogens with one attached hydrogen (secondary N) is 1. The Kier molecular flexibility index (Phi) is 5.07. The molecule has 0 spiro atoms. The molecule has 3 N–H and O–H groups in total. The van der Waals surface area contributed by atoms with Gasteiger partial charge in [-0.2, -0.15) is 5.26 Å². The quantitative estimate of drug-likeness (QED) is 0.721. The van der Waals surface area contributed by atoms with Crippen LogP contribution in [0.5, 0.6) is 0 Å². The summed E-state index contributed by atoms with van der Waals surface area (Å²) in [5.41, 5.74) is 5.72. The molecule has 0 aromatic carbocycles. The zero-order valence-corrected chi connectivity index (χ0v) is 9.87. The predicted octanol–water partition coefficient (Wildman–Crippen LogP) is 1.50. The second-order valence-corrected chi connectivity index (χ2v) is 4.92. The summed E-state index contributed by atoms with van der Waals surface area (Å²) in [6, 6.07) is 2.80. The summed E-state index contributed by atoms with van der Waals surface area (Å²) in [6.45, 7) is 6.09. The lowest BCUT2D eigenvalue weighted by atomic mass is 9.95. The van der Waals surface area contributed by atoms with E-state index < -0.39 is 0 Å². The Morgan fingerprint density at radius 1 is 1.47 bits per heavy atom. The van der Waals surface area contributed by atoms with Crippen LogP contribution in [-0.4, -0.2) is 19.1 Å². The summed E-state index contributed by atoms with van der Waals surface area (Å²) >= 11 is 0. The Bertz CT molecular complexity index is 219. The van der Waals surface area contributed by atoms with E-state index >= 15 is 0 Å². The summed E-state index contributed by atoms with van der Waals surface area (Å²) in [5.74, 6) is 1.37. The smallest absolute Gasteiger partial charge is 0.0672 e. The molecule has 0 bridgehead atoms. The van der Waals surface area contributed by atoms with Crippen LogP contribution in [0.15, 0.2) is 0 Å². The fraction of sp³-hybridized carbons (Fsp3) is 0.917. The van der Waals surface area contributed by atoms with Gasteiger partial charge in [-0.3, -0.25) is 0 Å². The molecule has 0 aromatic rings. The lowest BCUT2D eigenvalue weighted by Crippen LogP contribution is -2.39. The molecule has 3 atom stereocenters. The highest BCUT2D eigenvalue weighted by Gasteiger charge is 2.27. The molecule has 0 saturated heterocycles. The summed E-state index contributed by atoms with van der Waals surface area (Å²) in [5, 5.41) is 12.5. The van der Waals surface area contributed by atoms with Gasteiger partial charge < -0.3 is 11.1 Å². The maximum Gasteiger partial charge on any atom is 0.0672 e. The van der Waals surface area contributed by atoms with Crippen LogP contribution >= 0.6 is 0 Å². The first-order valence-electron chi connectivity index (χ1n) is 6.02. The predicted molar refractivity (Wildman–Crippen MR) is 62.1 cm³/mol. The van der Waals surface area contributed by atoms with Gasteiger partial charge in [-0.15, -0.1) is 0 Å². The molecule has 0 aliphatic heterocycles. The van der Waals surface area contributed by atoms with Crippen LogP contribution in [0.3, 0.4) is 0 Å². The van der Waals surface area contributed by atoms with Crippen LogP contribution < -0.4 is 11.1 Å². The number of nitriles is 1. The first-order valence-corrected chi connectivity index (χ1v) is 6.02. The molecule has 3 nitrogen and oxygen atoms in total. The Morgan fingerprint density at radius 3 is 2.73 bits per heavy atom. The molecule has 0 heterocycles. The van der Waals surface area contributed by atoms with E-state index in [0.717, 1.165) is 25.9 Å². The number of nitrogens with zero attached hydrogens (tertiary/aromatic N) is 1. The minimum absolute atomic E-state index is 0.218. The van der Waals surface area contributed by atoms with Gasteiger partial charge in [0, 0.05) is 6.04 Å². The minimum Gasteiger partial charge on any atom is -0.330 e. The molecular formula is C12H23N3. The van der Waals surface area contributed by atoms with Crippen molar-refractivity contribution >= 4 is 0 Å². The molecule has 1 rings (SSSR count). The number of hydrogen-bond donors (Lipinski definition) is 2. The van der Waals surface area contributed by atoms with Crippen LogP contribution in [0.25, 0.3) is 0 Å². The molecule has 3 unspecified atom stereocenters. The van der Waals surface area contributed by atoms with Crippen molar-refractivity contribution in [2.45, 2.75) is 39.2 Å². The van der Waals surface area contributed by atoms with Gasteiger partial charge in [0.05, 0.1) is 12.0 Å². The third kappa shape index (κ3) is 3.48. The van der Waals surface area contributed by atoms with E-state index in [1.807, 2.05) is 0 Å². The van der Waals surface area contributed by atoms with Gasteiger partial charge >= 0.3 is 0 Å². The van der Waals surface area contributed by atoms with E-state index in [9.17, 15) is 0 Å². The SMILES string of the molecule is CC(C)C(CN)CNC1CCCC1C#N. The maximum absolute atomic E-state index is 8.95. The highest BCUT2D eigenvalue weighted by atomic mass is 14.9. The highest BCUT2D eigenvalue weighted by Crippen LogP contribution is 2.25. The summed E-state index contributed by atoms with van der Waals surface area (Å²) in [4.78, 5) is 0. The molecular weight excluding hydrogens is 186 g/mol.